The molecule has 0 saturated heterocycles. The number of fused-ring (bicyclic) bond motifs is 1. The number of carbonyl (C=O) groups excluding carboxylic acids is 1. The van der Waals surface area contributed by atoms with Crippen LogP contribution in [0.5, 0.6) is 0 Å². The lowest BCUT2D eigenvalue weighted by Crippen LogP contribution is -2.34. The van der Waals surface area contributed by atoms with Gasteiger partial charge in [-0.25, -0.2) is 0 Å². The molecule has 116 valence electrons. The van der Waals surface area contributed by atoms with Gasteiger partial charge in [-0.1, -0.05) is 17.7 Å². The lowest BCUT2D eigenvalue weighted by molar-refractivity contribution is 0.0978. The van der Waals surface area contributed by atoms with Crippen LogP contribution in [0.3, 0.4) is 0 Å². The van der Waals surface area contributed by atoms with Gasteiger partial charge in [-0.05, 0) is 55.0 Å². The lowest BCUT2D eigenvalue weighted by Gasteiger charge is -2.12. The summed E-state index contributed by atoms with van der Waals surface area (Å²) in [5, 5.41) is 6.44. The van der Waals surface area contributed by atoms with Crippen LogP contribution in [0, 0.1) is 6.92 Å². The van der Waals surface area contributed by atoms with Crippen LogP contribution in [-0.4, -0.2) is 19.8 Å². The number of thiocarbonyl (C=S) groups is 1. The maximum absolute atomic E-state index is 12.1. The molecular weight excluding hydrogens is 352 g/mol. The van der Waals surface area contributed by atoms with E-state index in [0.717, 1.165) is 34.0 Å². The maximum atomic E-state index is 12.1. The summed E-state index contributed by atoms with van der Waals surface area (Å²) >= 11 is 12.2. The van der Waals surface area contributed by atoms with Gasteiger partial charge in [0, 0.05) is 10.6 Å². The second-order valence-corrected chi connectivity index (χ2v) is 6.18. The summed E-state index contributed by atoms with van der Waals surface area (Å²) in [6, 6.07) is 10.4. The molecule has 2 aromatic carbocycles. The minimum atomic E-state index is -0.305. The number of hydrogen-bond acceptors (Lipinski definition) is 5. The van der Waals surface area contributed by atoms with Crippen LogP contribution in [-0.2, 0) is 0 Å². The van der Waals surface area contributed by atoms with Crippen molar-refractivity contribution in [1.29, 1.82) is 0 Å². The predicted octanol–water partition coefficient (Wildman–Crippen LogP) is 3.78. The summed E-state index contributed by atoms with van der Waals surface area (Å²) in [7, 11) is 0. The standard InChI is InChI=1S/C15H11ClN4OS2/c1-8-2-7-11-13(20-23-19-11)12(8)17-15(22)18-14(21)9-3-5-10(16)6-4-9/h2-7H,1H3,(H2,17,18,21,22). The SMILES string of the molecule is Cc1ccc2nsnc2c1NC(=S)NC(=O)c1ccc(Cl)cc1. The van der Waals surface area contributed by atoms with E-state index in [0.29, 0.717) is 10.6 Å². The summed E-state index contributed by atoms with van der Waals surface area (Å²) in [6.07, 6.45) is 0. The number of hydrogen-bond donors (Lipinski definition) is 2. The van der Waals surface area contributed by atoms with Gasteiger partial charge in [0.15, 0.2) is 5.11 Å². The fraction of sp³-hybridized carbons (Fsp3) is 0.0667. The van der Waals surface area contributed by atoms with Crippen LogP contribution < -0.4 is 10.6 Å². The number of amides is 1. The Morgan fingerprint density at radius 1 is 1.17 bits per heavy atom. The van der Waals surface area contributed by atoms with Gasteiger partial charge in [-0.15, -0.1) is 0 Å². The van der Waals surface area contributed by atoms with Gasteiger partial charge in [0.1, 0.15) is 11.0 Å². The van der Waals surface area contributed by atoms with E-state index < -0.39 is 0 Å². The fourth-order valence-electron chi connectivity index (χ4n) is 2.03. The van der Waals surface area contributed by atoms with Crippen molar-refractivity contribution in [2.75, 3.05) is 5.32 Å². The average molecular weight is 363 g/mol. The number of aromatic nitrogens is 2. The van der Waals surface area contributed by atoms with Gasteiger partial charge < -0.3 is 5.32 Å². The first kappa shape index (κ1) is 15.8. The second kappa shape index (κ2) is 6.57. The molecule has 0 aliphatic rings. The van der Waals surface area contributed by atoms with Crippen LogP contribution >= 0.6 is 35.5 Å². The molecule has 3 rings (SSSR count). The molecule has 0 unspecified atom stereocenters. The van der Waals surface area contributed by atoms with Crippen LogP contribution in [0.25, 0.3) is 11.0 Å². The predicted molar refractivity (Wildman–Crippen MR) is 97.3 cm³/mol. The van der Waals surface area contributed by atoms with E-state index in [1.54, 1.807) is 24.3 Å². The van der Waals surface area contributed by atoms with Gasteiger partial charge in [0.2, 0.25) is 0 Å². The van der Waals surface area contributed by atoms with E-state index in [1.165, 1.54) is 0 Å². The zero-order chi connectivity index (χ0) is 16.4. The molecule has 0 radical (unpaired) electrons. The van der Waals surface area contributed by atoms with Crippen molar-refractivity contribution in [2.45, 2.75) is 6.92 Å². The Kier molecular flexibility index (Phi) is 4.51. The number of aryl methyl sites for hydroxylation is 1. The number of nitrogens with zero attached hydrogens (tertiary/aromatic N) is 2. The zero-order valence-electron chi connectivity index (χ0n) is 12.0. The highest BCUT2D eigenvalue weighted by atomic mass is 35.5. The third-order valence-corrected chi connectivity index (χ3v) is 4.21. The highest BCUT2D eigenvalue weighted by molar-refractivity contribution is 7.80. The van der Waals surface area contributed by atoms with Crippen LogP contribution in [0.4, 0.5) is 5.69 Å². The second-order valence-electron chi connectivity index (χ2n) is 4.80. The van der Waals surface area contributed by atoms with Gasteiger partial charge in [-0.2, -0.15) is 8.75 Å². The molecule has 0 spiro atoms. The molecule has 0 fully saturated rings. The molecule has 1 aromatic heterocycles. The lowest BCUT2D eigenvalue weighted by atomic mass is 10.1. The normalized spacial score (nSPS) is 10.5. The summed E-state index contributed by atoms with van der Waals surface area (Å²) in [6.45, 7) is 1.94. The first-order chi connectivity index (χ1) is 11.0. The number of benzene rings is 2. The van der Waals surface area contributed by atoms with Crippen molar-refractivity contribution < 1.29 is 4.79 Å². The van der Waals surface area contributed by atoms with Crippen molar-refractivity contribution >= 4 is 63.3 Å². The van der Waals surface area contributed by atoms with E-state index in [1.807, 2.05) is 19.1 Å². The Labute approximate surface area is 147 Å². The molecular formula is C15H11ClN4OS2. The average Bonchev–Trinajstić information content (AvgIpc) is 2.99. The number of rotatable bonds is 2. The molecule has 0 atom stereocenters. The molecule has 5 nitrogen and oxygen atoms in total. The monoisotopic (exact) mass is 362 g/mol. The molecule has 1 amide bonds. The molecule has 0 aliphatic carbocycles. The third kappa shape index (κ3) is 3.47. The van der Waals surface area contributed by atoms with Gasteiger partial charge in [0.05, 0.1) is 17.4 Å². The smallest absolute Gasteiger partial charge is 0.257 e. The summed E-state index contributed by atoms with van der Waals surface area (Å²) in [5.41, 5.74) is 3.71. The largest absolute Gasteiger partial charge is 0.330 e. The highest BCUT2D eigenvalue weighted by Gasteiger charge is 2.12. The van der Waals surface area contributed by atoms with Gasteiger partial charge >= 0.3 is 0 Å². The Bertz CT molecular complexity index is 892. The van der Waals surface area contributed by atoms with E-state index in [9.17, 15) is 4.79 Å². The Morgan fingerprint density at radius 3 is 2.65 bits per heavy atom. The molecule has 3 aromatic rings. The van der Waals surface area contributed by atoms with E-state index >= 15 is 0 Å². The number of nitrogens with one attached hydrogen (secondary N) is 2. The molecule has 0 bridgehead atoms. The fourth-order valence-corrected chi connectivity index (χ4v) is 2.89. The molecule has 8 heteroatoms. The first-order valence-electron chi connectivity index (χ1n) is 6.64. The van der Waals surface area contributed by atoms with Crippen molar-refractivity contribution in [3.05, 3.63) is 52.5 Å². The van der Waals surface area contributed by atoms with Crippen LogP contribution in [0.2, 0.25) is 5.02 Å². The van der Waals surface area contributed by atoms with Crippen LogP contribution in [0.1, 0.15) is 15.9 Å². The molecule has 23 heavy (non-hydrogen) atoms. The van der Waals surface area contributed by atoms with E-state index in [4.69, 9.17) is 23.8 Å². The van der Waals surface area contributed by atoms with E-state index in [2.05, 4.69) is 19.4 Å². The Morgan fingerprint density at radius 2 is 1.91 bits per heavy atom. The van der Waals surface area contributed by atoms with Gasteiger partial charge in [0.25, 0.3) is 5.91 Å². The number of carbonyl (C=O) groups is 1. The zero-order valence-corrected chi connectivity index (χ0v) is 14.4. The molecule has 0 aliphatic heterocycles. The van der Waals surface area contributed by atoms with E-state index in [-0.39, 0.29) is 11.0 Å². The molecule has 2 N–H and O–H groups in total. The topological polar surface area (TPSA) is 66.9 Å². The maximum Gasteiger partial charge on any atom is 0.257 e. The summed E-state index contributed by atoms with van der Waals surface area (Å²) in [5.74, 6) is -0.305. The highest BCUT2D eigenvalue weighted by Crippen LogP contribution is 2.25. The van der Waals surface area contributed by atoms with Crippen molar-refractivity contribution in [2.24, 2.45) is 0 Å². The minimum Gasteiger partial charge on any atom is -0.330 e. The first-order valence-corrected chi connectivity index (χ1v) is 8.16. The number of halogens is 1. The van der Waals surface area contributed by atoms with Crippen molar-refractivity contribution in [3.63, 3.8) is 0 Å². The third-order valence-electron chi connectivity index (χ3n) is 3.21. The Balaban J connectivity index is 1.76. The summed E-state index contributed by atoms with van der Waals surface area (Å²) < 4.78 is 8.45. The van der Waals surface area contributed by atoms with Gasteiger partial charge in [-0.3, -0.25) is 10.1 Å². The van der Waals surface area contributed by atoms with Crippen molar-refractivity contribution in [3.8, 4) is 0 Å². The molecule has 1 heterocycles. The summed E-state index contributed by atoms with van der Waals surface area (Å²) in [4.78, 5) is 12.1. The quantitative estimate of drug-likeness (QED) is 0.679. The minimum absolute atomic E-state index is 0.202. The Hall–Kier alpha value is -2.09. The van der Waals surface area contributed by atoms with Crippen LogP contribution in [0.15, 0.2) is 36.4 Å². The number of anilines is 1. The van der Waals surface area contributed by atoms with Crippen molar-refractivity contribution in [1.82, 2.24) is 14.1 Å². The molecule has 0 saturated carbocycles.